The number of hydrogen-bond acceptors (Lipinski definition) is 5. The molecule has 0 spiro atoms. The van der Waals surface area contributed by atoms with Gasteiger partial charge < -0.3 is 0 Å². The van der Waals surface area contributed by atoms with Gasteiger partial charge in [-0.1, -0.05) is 27.3 Å². The van der Waals surface area contributed by atoms with Crippen molar-refractivity contribution in [3.05, 3.63) is 33.7 Å². The molecule has 0 amide bonds. The Bertz CT molecular complexity index is 481. The van der Waals surface area contributed by atoms with Gasteiger partial charge in [-0.25, -0.2) is 9.67 Å². The van der Waals surface area contributed by atoms with Crippen LogP contribution < -0.4 is 0 Å². The molecule has 0 bridgehead atoms. The molecule has 15 heavy (non-hydrogen) atoms. The Kier molecular flexibility index (Phi) is 2.78. The molecule has 0 saturated heterocycles. The van der Waals surface area contributed by atoms with Gasteiger partial charge in [-0.2, -0.15) is 5.10 Å². The first-order valence-electron chi connectivity index (χ1n) is 3.90. The van der Waals surface area contributed by atoms with Crippen LogP contribution in [-0.2, 0) is 5.33 Å². The molecule has 0 N–H and O–H groups in total. The van der Waals surface area contributed by atoms with E-state index >= 15 is 0 Å². The van der Waals surface area contributed by atoms with Gasteiger partial charge in [0.15, 0.2) is 5.69 Å². The van der Waals surface area contributed by atoms with Crippen molar-refractivity contribution in [2.24, 2.45) is 0 Å². The molecule has 0 aliphatic carbocycles. The van der Waals surface area contributed by atoms with Crippen molar-refractivity contribution >= 4 is 32.3 Å². The molecule has 0 fully saturated rings. The normalized spacial score (nSPS) is 10.5. The lowest BCUT2D eigenvalue weighted by molar-refractivity contribution is -0.380. The van der Waals surface area contributed by atoms with E-state index in [9.17, 15) is 10.1 Å². The van der Waals surface area contributed by atoms with Crippen LogP contribution in [0.5, 0.6) is 0 Å². The van der Waals surface area contributed by atoms with Gasteiger partial charge in [-0.3, -0.25) is 10.1 Å². The lowest BCUT2D eigenvalue weighted by Gasteiger charge is -1.93. The van der Waals surface area contributed by atoms with Gasteiger partial charge in [0.1, 0.15) is 12.7 Å². The van der Waals surface area contributed by atoms with Gasteiger partial charge in [0, 0.05) is 10.2 Å². The predicted octanol–water partition coefficient (Wildman–Crippen LogP) is 2.13. The third-order valence-corrected chi connectivity index (χ3v) is 3.76. The van der Waals surface area contributed by atoms with Gasteiger partial charge in [-0.05, 0) is 6.07 Å². The van der Waals surface area contributed by atoms with Crippen LogP contribution in [-0.4, -0.2) is 19.7 Å². The number of aromatic nitrogens is 3. The molecule has 0 aliphatic rings. The maximum atomic E-state index is 10.8. The van der Waals surface area contributed by atoms with E-state index in [0.29, 0.717) is 11.0 Å². The van der Waals surface area contributed by atoms with E-state index < -0.39 is 4.92 Å². The predicted molar refractivity (Wildman–Crippen MR) is 58.5 cm³/mol. The van der Waals surface area contributed by atoms with E-state index in [1.165, 1.54) is 17.3 Å². The summed E-state index contributed by atoms with van der Waals surface area (Å²) < 4.78 is 1.39. The molecule has 2 heterocycles. The van der Waals surface area contributed by atoms with E-state index in [-0.39, 0.29) is 5.00 Å². The van der Waals surface area contributed by atoms with E-state index in [0.717, 1.165) is 16.2 Å². The Hall–Kier alpha value is -1.28. The second-order valence-corrected chi connectivity index (χ2v) is 4.31. The highest BCUT2D eigenvalue weighted by Gasteiger charge is 2.20. The Morgan fingerprint density at radius 2 is 2.47 bits per heavy atom. The summed E-state index contributed by atoms with van der Waals surface area (Å²) in [7, 11) is 0. The SMILES string of the molecule is O=[N+]([O-])c1sc(CBr)cc1-n1cncn1. The van der Waals surface area contributed by atoms with Gasteiger partial charge in [0.2, 0.25) is 0 Å². The number of halogens is 1. The van der Waals surface area contributed by atoms with Crippen molar-refractivity contribution in [1.82, 2.24) is 14.8 Å². The van der Waals surface area contributed by atoms with Crippen LogP contribution in [0.2, 0.25) is 0 Å². The number of thiophene rings is 1. The van der Waals surface area contributed by atoms with Crippen LogP contribution >= 0.6 is 27.3 Å². The van der Waals surface area contributed by atoms with Crippen LogP contribution in [0.25, 0.3) is 5.69 Å². The molecular weight excluding hydrogens is 284 g/mol. The van der Waals surface area contributed by atoms with Crippen LogP contribution in [0.3, 0.4) is 0 Å². The first-order chi connectivity index (χ1) is 7.22. The second-order valence-electron chi connectivity index (χ2n) is 2.63. The molecule has 0 aliphatic heterocycles. The van der Waals surface area contributed by atoms with Crippen LogP contribution in [0.1, 0.15) is 4.88 Å². The fraction of sp³-hybridized carbons (Fsp3) is 0.143. The molecule has 0 aromatic carbocycles. The Morgan fingerprint density at radius 1 is 1.67 bits per heavy atom. The lowest BCUT2D eigenvalue weighted by atomic mass is 10.4. The molecule has 2 aromatic heterocycles. The zero-order valence-corrected chi connectivity index (χ0v) is 9.73. The molecule has 2 rings (SSSR count). The summed E-state index contributed by atoms with van der Waals surface area (Å²) in [6, 6.07) is 1.73. The van der Waals surface area contributed by atoms with Crippen molar-refractivity contribution in [3.8, 4) is 5.69 Å². The zero-order chi connectivity index (χ0) is 10.8. The monoisotopic (exact) mass is 288 g/mol. The minimum Gasteiger partial charge on any atom is -0.257 e. The van der Waals surface area contributed by atoms with Crippen LogP contribution in [0.15, 0.2) is 18.7 Å². The van der Waals surface area contributed by atoms with E-state index in [1.54, 1.807) is 6.07 Å². The van der Waals surface area contributed by atoms with Crippen molar-refractivity contribution in [2.45, 2.75) is 5.33 Å². The summed E-state index contributed by atoms with van der Waals surface area (Å²) >= 11 is 4.39. The van der Waals surface area contributed by atoms with Crippen LogP contribution in [0.4, 0.5) is 5.00 Å². The number of nitrogens with zero attached hydrogens (tertiary/aromatic N) is 4. The van der Waals surface area contributed by atoms with Crippen LogP contribution in [0, 0.1) is 10.1 Å². The molecule has 8 heteroatoms. The molecule has 2 aromatic rings. The highest BCUT2D eigenvalue weighted by atomic mass is 79.9. The number of hydrogen-bond donors (Lipinski definition) is 0. The van der Waals surface area contributed by atoms with Gasteiger partial charge in [0.25, 0.3) is 0 Å². The second kappa shape index (κ2) is 4.07. The average Bonchev–Trinajstić information content (AvgIpc) is 2.86. The van der Waals surface area contributed by atoms with Crippen molar-refractivity contribution in [1.29, 1.82) is 0 Å². The maximum Gasteiger partial charge on any atom is 0.349 e. The molecule has 0 saturated carbocycles. The van der Waals surface area contributed by atoms with E-state index in [4.69, 9.17) is 0 Å². The Morgan fingerprint density at radius 3 is 3.00 bits per heavy atom. The minimum atomic E-state index is -0.409. The smallest absolute Gasteiger partial charge is 0.257 e. The maximum absolute atomic E-state index is 10.8. The fourth-order valence-corrected chi connectivity index (χ4v) is 2.42. The summed E-state index contributed by atoms with van der Waals surface area (Å²) in [6.45, 7) is 0. The van der Waals surface area contributed by atoms with Crippen molar-refractivity contribution < 1.29 is 4.92 Å². The van der Waals surface area contributed by atoms with Gasteiger partial charge >= 0.3 is 5.00 Å². The van der Waals surface area contributed by atoms with Gasteiger partial charge in [-0.15, -0.1) is 0 Å². The highest BCUT2D eigenvalue weighted by molar-refractivity contribution is 9.08. The third kappa shape index (κ3) is 1.90. The standard InChI is InChI=1S/C7H5BrN4O2S/c8-2-5-1-6(7(15-5)12(13)14)11-4-9-3-10-11/h1,3-4H,2H2. The molecule has 6 nitrogen and oxygen atoms in total. The topological polar surface area (TPSA) is 73.8 Å². The third-order valence-electron chi connectivity index (χ3n) is 1.71. The minimum absolute atomic E-state index is 0.0787. The zero-order valence-electron chi connectivity index (χ0n) is 7.33. The van der Waals surface area contributed by atoms with Crippen molar-refractivity contribution in [3.63, 3.8) is 0 Å². The largest absolute Gasteiger partial charge is 0.349 e. The fourth-order valence-electron chi connectivity index (χ4n) is 1.11. The average molecular weight is 289 g/mol. The first kappa shape index (κ1) is 10.2. The molecule has 78 valence electrons. The van der Waals surface area contributed by atoms with Crippen molar-refractivity contribution in [2.75, 3.05) is 0 Å². The summed E-state index contributed by atoms with van der Waals surface area (Å²) in [5.74, 6) is 0. The summed E-state index contributed by atoms with van der Waals surface area (Å²) in [4.78, 5) is 15.0. The van der Waals surface area contributed by atoms with E-state index in [1.807, 2.05) is 0 Å². The first-order valence-corrected chi connectivity index (χ1v) is 5.84. The quantitative estimate of drug-likeness (QED) is 0.493. The van der Waals surface area contributed by atoms with E-state index in [2.05, 4.69) is 26.0 Å². The Balaban J connectivity index is 2.54. The Labute approximate surface area is 96.8 Å². The molecule has 0 unspecified atom stereocenters. The summed E-state index contributed by atoms with van der Waals surface area (Å²) in [5.41, 5.74) is 0.456. The van der Waals surface area contributed by atoms with Gasteiger partial charge in [0.05, 0.1) is 4.92 Å². The molecular formula is C7H5BrN4O2S. The summed E-state index contributed by atoms with van der Waals surface area (Å²) in [6.07, 6.45) is 2.78. The molecule has 0 atom stereocenters. The molecule has 0 radical (unpaired) electrons. The number of nitro groups is 1. The number of alkyl halides is 1. The lowest BCUT2D eigenvalue weighted by Crippen LogP contribution is -1.96. The summed E-state index contributed by atoms with van der Waals surface area (Å²) in [5, 5.41) is 15.3. The highest BCUT2D eigenvalue weighted by Crippen LogP contribution is 2.33. The number of rotatable bonds is 3.